The summed E-state index contributed by atoms with van der Waals surface area (Å²) in [5.41, 5.74) is 6.03. The van der Waals surface area contributed by atoms with Gasteiger partial charge in [-0.25, -0.2) is 0 Å². The highest BCUT2D eigenvalue weighted by Gasteiger charge is 2.37. The van der Waals surface area contributed by atoms with Crippen LogP contribution >= 0.6 is 11.3 Å². The van der Waals surface area contributed by atoms with Gasteiger partial charge >= 0.3 is 0 Å². The van der Waals surface area contributed by atoms with Crippen LogP contribution < -0.4 is 5.73 Å². The van der Waals surface area contributed by atoms with Crippen LogP contribution in [0.25, 0.3) is 0 Å². The minimum atomic E-state index is -0.134. The van der Waals surface area contributed by atoms with Crippen molar-refractivity contribution in [1.29, 1.82) is 0 Å². The molecule has 0 spiro atoms. The third kappa shape index (κ3) is 1.64. The third-order valence-electron chi connectivity index (χ3n) is 2.76. The van der Waals surface area contributed by atoms with E-state index in [-0.39, 0.29) is 11.6 Å². The van der Waals surface area contributed by atoms with Crippen molar-refractivity contribution >= 4 is 11.3 Å². The van der Waals surface area contributed by atoms with Crippen molar-refractivity contribution in [3.8, 4) is 0 Å². The molecule has 1 fully saturated rings. The molecule has 1 aromatic heterocycles. The molecule has 0 amide bonds. The number of nitrogens with two attached hydrogens (primary N) is 1. The maximum Gasteiger partial charge on any atom is 0.0855 e. The van der Waals surface area contributed by atoms with Crippen molar-refractivity contribution in [1.82, 2.24) is 0 Å². The molecule has 13 heavy (non-hydrogen) atoms. The number of ether oxygens (including phenoxy) is 1. The molecular weight excluding hydrogens is 182 g/mol. The molecule has 0 aliphatic carbocycles. The van der Waals surface area contributed by atoms with E-state index in [9.17, 15) is 0 Å². The highest BCUT2D eigenvalue weighted by molar-refractivity contribution is 7.10. The normalized spacial score (nSPS) is 30.6. The molecule has 2 rings (SSSR count). The second-order valence-electron chi connectivity index (χ2n) is 3.76. The van der Waals surface area contributed by atoms with Gasteiger partial charge in [0.1, 0.15) is 0 Å². The zero-order chi connectivity index (χ0) is 9.31. The molecule has 0 bridgehead atoms. The minimum Gasteiger partial charge on any atom is -0.373 e. The second-order valence-corrected chi connectivity index (χ2v) is 4.74. The smallest absolute Gasteiger partial charge is 0.0855 e. The second kappa shape index (κ2) is 3.40. The third-order valence-corrected chi connectivity index (χ3v) is 3.71. The van der Waals surface area contributed by atoms with E-state index in [4.69, 9.17) is 10.5 Å². The fraction of sp³-hybridized carbons (Fsp3) is 0.600. The Hall–Kier alpha value is -0.380. The molecular formula is C10H15NOS. The molecule has 1 saturated heterocycles. The van der Waals surface area contributed by atoms with Crippen LogP contribution in [-0.2, 0) is 4.74 Å². The quantitative estimate of drug-likeness (QED) is 0.789. The molecule has 2 N–H and O–H groups in total. The summed E-state index contributed by atoms with van der Waals surface area (Å²) in [6, 6.07) is 4.16. The van der Waals surface area contributed by atoms with Crippen LogP contribution in [-0.4, -0.2) is 12.2 Å². The Balaban J connectivity index is 2.16. The predicted octanol–water partition coefficient (Wildman–Crippen LogP) is 2.32. The first-order valence-corrected chi connectivity index (χ1v) is 5.53. The first-order valence-electron chi connectivity index (χ1n) is 4.65. The molecule has 1 aliphatic heterocycles. The van der Waals surface area contributed by atoms with Crippen LogP contribution in [0.15, 0.2) is 17.5 Å². The minimum absolute atomic E-state index is 0.0370. The highest BCUT2D eigenvalue weighted by atomic mass is 32.1. The van der Waals surface area contributed by atoms with Crippen LogP contribution in [0.5, 0.6) is 0 Å². The van der Waals surface area contributed by atoms with E-state index in [1.54, 1.807) is 11.3 Å². The molecule has 0 aromatic carbocycles. The Morgan fingerprint density at radius 2 is 2.54 bits per heavy atom. The Bertz CT molecular complexity index is 264. The lowest BCUT2D eigenvalue weighted by atomic mass is 9.93. The van der Waals surface area contributed by atoms with Gasteiger partial charge < -0.3 is 10.5 Å². The molecule has 0 radical (unpaired) electrons. The monoisotopic (exact) mass is 197 g/mol. The average Bonchev–Trinajstić information content (AvgIpc) is 2.73. The van der Waals surface area contributed by atoms with E-state index in [0.29, 0.717) is 0 Å². The van der Waals surface area contributed by atoms with Crippen molar-refractivity contribution in [3.63, 3.8) is 0 Å². The van der Waals surface area contributed by atoms with Gasteiger partial charge in [0, 0.05) is 11.5 Å². The van der Waals surface area contributed by atoms with Crippen LogP contribution in [0.3, 0.4) is 0 Å². The first-order chi connectivity index (χ1) is 6.22. The summed E-state index contributed by atoms with van der Waals surface area (Å²) < 4.78 is 5.71. The Morgan fingerprint density at radius 3 is 3.08 bits per heavy atom. The van der Waals surface area contributed by atoms with Crippen LogP contribution in [0, 0.1) is 0 Å². The lowest BCUT2D eigenvalue weighted by Crippen LogP contribution is -2.37. The lowest BCUT2D eigenvalue weighted by molar-refractivity contribution is -0.000863. The van der Waals surface area contributed by atoms with E-state index in [0.717, 1.165) is 19.4 Å². The highest BCUT2D eigenvalue weighted by Crippen LogP contribution is 2.37. The van der Waals surface area contributed by atoms with E-state index in [2.05, 4.69) is 18.4 Å². The van der Waals surface area contributed by atoms with E-state index in [1.165, 1.54) is 4.88 Å². The Morgan fingerprint density at radius 1 is 1.69 bits per heavy atom. The summed E-state index contributed by atoms with van der Waals surface area (Å²) in [5, 5.41) is 2.06. The van der Waals surface area contributed by atoms with Crippen LogP contribution in [0.1, 0.15) is 30.7 Å². The van der Waals surface area contributed by atoms with Crippen molar-refractivity contribution in [2.45, 2.75) is 31.4 Å². The largest absolute Gasteiger partial charge is 0.373 e. The molecule has 1 aromatic rings. The van der Waals surface area contributed by atoms with Gasteiger partial charge in [-0.05, 0) is 31.2 Å². The maximum absolute atomic E-state index is 6.16. The Kier molecular flexibility index (Phi) is 2.41. The topological polar surface area (TPSA) is 35.2 Å². The van der Waals surface area contributed by atoms with Crippen molar-refractivity contribution in [2.24, 2.45) is 5.73 Å². The SMILES string of the molecule is CC1(C(N)c2cccs2)CCCO1. The van der Waals surface area contributed by atoms with Gasteiger partial charge in [-0.1, -0.05) is 6.07 Å². The Labute approximate surface area is 82.7 Å². The van der Waals surface area contributed by atoms with E-state index in [1.807, 2.05) is 6.07 Å². The first kappa shape index (κ1) is 9.19. The van der Waals surface area contributed by atoms with Gasteiger partial charge in [0.15, 0.2) is 0 Å². The molecule has 2 unspecified atom stereocenters. The fourth-order valence-corrected chi connectivity index (χ4v) is 2.68. The molecule has 72 valence electrons. The van der Waals surface area contributed by atoms with Gasteiger partial charge in [-0.15, -0.1) is 11.3 Å². The van der Waals surface area contributed by atoms with Crippen LogP contribution in [0.4, 0.5) is 0 Å². The van der Waals surface area contributed by atoms with Gasteiger partial charge in [-0.3, -0.25) is 0 Å². The summed E-state index contributed by atoms with van der Waals surface area (Å²) in [4.78, 5) is 1.23. The van der Waals surface area contributed by atoms with Crippen molar-refractivity contribution < 1.29 is 4.74 Å². The summed E-state index contributed by atoms with van der Waals surface area (Å²) >= 11 is 1.71. The molecule has 1 aliphatic rings. The van der Waals surface area contributed by atoms with Gasteiger partial charge in [-0.2, -0.15) is 0 Å². The van der Waals surface area contributed by atoms with Crippen molar-refractivity contribution in [2.75, 3.05) is 6.61 Å². The number of rotatable bonds is 2. The van der Waals surface area contributed by atoms with Gasteiger partial charge in [0.2, 0.25) is 0 Å². The van der Waals surface area contributed by atoms with E-state index >= 15 is 0 Å². The molecule has 3 heteroatoms. The zero-order valence-corrected chi connectivity index (χ0v) is 8.64. The molecule has 2 nitrogen and oxygen atoms in total. The summed E-state index contributed by atoms with van der Waals surface area (Å²) in [6.07, 6.45) is 2.21. The number of thiophene rings is 1. The molecule has 2 heterocycles. The summed E-state index contributed by atoms with van der Waals surface area (Å²) in [7, 11) is 0. The van der Waals surface area contributed by atoms with Gasteiger partial charge in [0.05, 0.1) is 11.6 Å². The summed E-state index contributed by atoms with van der Waals surface area (Å²) in [5.74, 6) is 0. The molecule has 2 atom stereocenters. The zero-order valence-electron chi connectivity index (χ0n) is 7.82. The van der Waals surface area contributed by atoms with E-state index < -0.39 is 0 Å². The standard InChI is InChI=1S/C10H15NOS/c1-10(5-3-6-12-10)9(11)8-4-2-7-13-8/h2,4,7,9H,3,5-6,11H2,1H3. The lowest BCUT2D eigenvalue weighted by Gasteiger charge is -2.29. The number of hydrogen-bond donors (Lipinski definition) is 1. The van der Waals surface area contributed by atoms with Crippen LogP contribution in [0.2, 0.25) is 0 Å². The summed E-state index contributed by atoms with van der Waals surface area (Å²) in [6.45, 7) is 2.97. The molecule has 0 saturated carbocycles. The van der Waals surface area contributed by atoms with Crippen molar-refractivity contribution in [3.05, 3.63) is 22.4 Å². The maximum atomic E-state index is 6.16. The van der Waals surface area contributed by atoms with Gasteiger partial charge in [0.25, 0.3) is 0 Å². The average molecular weight is 197 g/mol. The fourth-order valence-electron chi connectivity index (χ4n) is 1.82. The number of hydrogen-bond acceptors (Lipinski definition) is 3. The predicted molar refractivity (Wildman–Crippen MR) is 54.8 cm³/mol.